The Balaban J connectivity index is 3.09. The molecule has 0 fully saturated rings. The lowest BCUT2D eigenvalue weighted by Gasteiger charge is -2.32. The number of methoxy groups -OCH3 is 2. The number of amides is 2. The number of rotatable bonds is 8. The van der Waals surface area contributed by atoms with Crippen molar-refractivity contribution in [3.8, 4) is 0 Å². The van der Waals surface area contributed by atoms with Gasteiger partial charge in [-0.1, -0.05) is 12.1 Å². The van der Waals surface area contributed by atoms with Crippen LogP contribution in [-0.4, -0.2) is 61.4 Å². The number of benzene rings is 1. The highest BCUT2D eigenvalue weighted by molar-refractivity contribution is 5.89. The lowest BCUT2D eigenvalue weighted by molar-refractivity contribution is -0.156. The van der Waals surface area contributed by atoms with Gasteiger partial charge in [0.15, 0.2) is 6.04 Å². The fourth-order valence-electron chi connectivity index (χ4n) is 2.50. The summed E-state index contributed by atoms with van der Waals surface area (Å²) in [7, 11) is 2.59. The molecule has 0 saturated carbocycles. The van der Waals surface area contributed by atoms with Gasteiger partial charge >= 0.3 is 12.1 Å². The van der Waals surface area contributed by atoms with Gasteiger partial charge in [-0.25, -0.2) is 14.0 Å². The van der Waals surface area contributed by atoms with E-state index in [1.54, 1.807) is 20.8 Å². The largest absolute Gasteiger partial charge is 0.467 e. The first kappa shape index (κ1) is 24.4. The highest BCUT2D eigenvalue weighted by atomic mass is 19.1. The molecule has 2 atom stereocenters. The van der Waals surface area contributed by atoms with Gasteiger partial charge in [0.05, 0.1) is 13.7 Å². The molecule has 8 nitrogen and oxygen atoms in total. The fourth-order valence-corrected chi connectivity index (χ4v) is 2.50. The molecule has 0 aliphatic carbocycles. The van der Waals surface area contributed by atoms with Crippen LogP contribution in [0.1, 0.15) is 33.3 Å². The van der Waals surface area contributed by atoms with Crippen molar-refractivity contribution in [3.05, 3.63) is 35.6 Å². The van der Waals surface area contributed by atoms with E-state index in [2.05, 4.69) is 5.32 Å². The Kier molecular flexibility index (Phi) is 9.03. The summed E-state index contributed by atoms with van der Waals surface area (Å²) in [6, 6.07) is 3.47. The van der Waals surface area contributed by atoms with E-state index in [-0.39, 0.29) is 13.2 Å². The Bertz CT molecular complexity index is 702. The summed E-state index contributed by atoms with van der Waals surface area (Å²) in [4.78, 5) is 38.6. The number of alkyl carbamates (subject to hydrolysis) is 1. The summed E-state index contributed by atoms with van der Waals surface area (Å²) in [6.45, 7) is 6.45. The normalized spacial score (nSPS) is 13.2. The average molecular weight is 412 g/mol. The number of hydrogen-bond donors (Lipinski definition) is 1. The Morgan fingerprint density at radius 3 is 2.21 bits per heavy atom. The molecule has 0 spiro atoms. The van der Waals surface area contributed by atoms with Crippen LogP contribution in [-0.2, 0) is 30.3 Å². The number of hydrogen-bond acceptors (Lipinski definition) is 6. The van der Waals surface area contributed by atoms with Gasteiger partial charge in [0.2, 0.25) is 5.91 Å². The first-order valence-electron chi connectivity index (χ1n) is 9.09. The molecule has 2 amide bonds. The molecular weight excluding hydrogens is 383 g/mol. The third kappa shape index (κ3) is 8.06. The SMILES string of the molecule is COC[C@H](C(=O)OC)N(Cc1ccc(F)cc1)C(=O)[C@H](C)NC(=O)OC(C)(C)C. The number of carbonyl (C=O) groups excluding carboxylic acids is 3. The van der Waals surface area contributed by atoms with E-state index < -0.39 is 41.5 Å². The summed E-state index contributed by atoms with van der Waals surface area (Å²) in [5.41, 5.74) is -0.139. The van der Waals surface area contributed by atoms with Crippen molar-refractivity contribution in [2.75, 3.05) is 20.8 Å². The monoisotopic (exact) mass is 412 g/mol. The molecule has 1 aromatic carbocycles. The molecule has 0 heterocycles. The van der Waals surface area contributed by atoms with E-state index in [0.29, 0.717) is 5.56 Å². The number of halogens is 1. The minimum atomic E-state index is -1.05. The van der Waals surface area contributed by atoms with Gasteiger partial charge in [-0.05, 0) is 45.4 Å². The van der Waals surface area contributed by atoms with Crippen LogP contribution in [0, 0.1) is 5.82 Å². The van der Waals surface area contributed by atoms with Crippen molar-refractivity contribution in [2.24, 2.45) is 0 Å². The van der Waals surface area contributed by atoms with Gasteiger partial charge < -0.3 is 24.4 Å². The lowest BCUT2D eigenvalue weighted by atomic mass is 10.1. The van der Waals surface area contributed by atoms with Crippen LogP contribution in [0.4, 0.5) is 9.18 Å². The predicted molar refractivity (Wildman–Crippen MR) is 103 cm³/mol. The first-order valence-corrected chi connectivity index (χ1v) is 9.09. The Hall–Kier alpha value is -2.68. The summed E-state index contributed by atoms with van der Waals surface area (Å²) in [5.74, 6) is -1.65. The molecule has 0 saturated heterocycles. The van der Waals surface area contributed by atoms with Gasteiger partial charge in [-0.3, -0.25) is 4.79 Å². The van der Waals surface area contributed by atoms with E-state index in [1.165, 1.54) is 50.3 Å². The van der Waals surface area contributed by atoms with E-state index >= 15 is 0 Å². The summed E-state index contributed by atoms with van der Waals surface area (Å²) >= 11 is 0. The third-order valence-electron chi connectivity index (χ3n) is 3.83. The van der Waals surface area contributed by atoms with Crippen molar-refractivity contribution >= 4 is 18.0 Å². The minimum Gasteiger partial charge on any atom is -0.467 e. The molecule has 1 rings (SSSR count). The van der Waals surface area contributed by atoms with Crippen LogP contribution in [0.15, 0.2) is 24.3 Å². The smallest absolute Gasteiger partial charge is 0.408 e. The molecule has 0 aliphatic rings. The number of nitrogens with zero attached hydrogens (tertiary/aromatic N) is 1. The van der Waals surface area contributed by atoms with Crippen LogP contribution in [0.25, 0.3) is 0 Å². The van der Waals surface area contributed by atoms with Crippen LogP contribution in [0.3, 0.4) is 0 Å². The molecule has 162 valence electrons. The molecule has 0 unspecified atom stereocenters. The molecular formula is C20H29FN2O6. The first-order chi connectivity index (χ1) is 13.5. The van der Waals surface area contributed by atoms with Gasteiger partial charge in [0.1, 0.15) is 17.5 Å². The number of carbonyl (C=O) groups is 3. The van der Waals surface area contributed by atoms with Crippen molar-refractivity contribution in [1.29, 1.82) is 0 Å². The average Bonchev–Trinajstić information content (AvgIpc) is 2.63. The molecule has 0 bridgehead atoms. The van der Waals surface area contributed by atoms with Crippen molar-refractivity contribution < 1.29 is 33.0 Å². The molecule has 0 aromatic heterocycles. The fraction of sp³-hybridized carbons (Fsp3) is 0.550. The zero-order valence-corrected chi connectivity index (χ0v) is 17.7. The number of ether oxygens (including phenoxy) is 3. The predicted octanol–water partition coefficient (Wildman–Crippen LogP) is 2.26. The topological polar surface area (TPSA) is 94.2 Å². The van der Waals surface area contributed by atoms with Gasteiger partial charge in [0, 0.05) is 13.7 Å². The van der Waals surface area contributed by atoms with Crippen LogP contribution >= 0.6 is 0 Å². The highest BCUT2D eigenvalue weighted by Gasteiger charge is 2.34. The maximum absolute atomic E-state index is 13.2. The second kappa shape index (κ2) is 10.8. The van der Waals surface area contributed by atoms with E-state index in [1.807, 2.05) is 0 Å². The standard InChI is InChI=1S/C20H29FN2O6/c1-13(22-19(26)29-20(2,3)4)17(24)23(16(12-27-5)18(25)28-6)11-14-7-9-15(21)10-8-14/h7-10,13,16H,11-12H2,1-6H3,(H,22,26)/t13-,16+/m0/s1. The van der Waals surface area contributed by atoms with Crippen LogP contribution in [0.5, 0.6) is 0 Å². The number of esters is 1. The molecule has 0 aliphatic heterocycles. The highest BCUT2D eigenvalue weighted by Crippen LogP contribution is 2.14. The Morgan fingerprint density at radius 2 is 1.72 bits per heavy atom. The van der Waals surface area contributed by atoms with E-state index in [4.69, 9.17) is 14.2 Å². The summed E-state index contributed by atoms with van der Waals surface area (Å²) in [5, 5.41) is 2.46. The summed E-state index contributed by atoms with van der Waals surface area (Å²) < 4.78 is 28.3. The molecule has 0 radical (unpaired) electrons. The third-order valence-corrected chi connectivity index (χ3v) is 3.83. The minimum absolute atomic E-state index is 0.0113. The molecule has 1 N–H and O–H groups in total. The van der Waals surface area contributed by atoms with Crippen molar-refractivity contribution in [3.63, 3.8) is 0 Å². The second-order valence-corrected chi connectivity index (χ2v) is 7.45. The second-order valence-electron chi connectivity index (χ2n) is 7.45. The molecule has 9 heteroatoms. The van der Waals surface area contributed by atoms with E-state index in [0.717, 1.165) is 0 Å². The zero-order chi connectivity index (χ0) is 22.2. The maximum atomic E-state index is 13.2. The van der Waals surface area contributed by atoms with Gasteiger partial charge in [-0.15, -0.1) is 0 Å². The van der Waals surface area contributed by atoms with Crippen molar-refractivity contribution in [2.45, 2.75) is 51.9 Å². The maximum Gasteiger partial charge on any atom is 0.408 e. The van der Waals surface area contributed by atoms with Crippen LogP contribution < -0.4 is 5.32 Å². The van der Waals surface area contributed by atoms with Gasteiger partial charge in [0.25, 0.3) is 0 Å². The molecule has 1 aromatic rings. The molecule has 29 heavy (non-hydrogen) atoms. The van der Waals surface area contributed by atoms with Crippen LogP contribution in [0.2, 0.25) is 0 Å². The number of nitrogens with one attached hydrogen (secondary N) is 1. The van der Waals surface area contributed by atoms with Gasteiger partial charge in [-0.2, -0.15) is 0 Å². The zero-order valence-electron chi connectivity index (χ0n) is 17.7. The van der Waals surface area contributed by atoms with Crippen molar-refractivity contribution in [1.82, 2.24) is 10.2 Å². The van der Waals surface area contributed by atoms with E-state index in [9.17, 15) is 18.8 Å². The quantitative estimate of drug-likeness (QED) is 0.658. The summed E-state index contributed by atoms with van der Waals surface area (Å²) in [6.07, 6.45) is -0.763. The Labute approximate surface area is 170 Å². The lowest BCUT2D eigenvalue weighted by Crippen LogP contribution is -2.54. The Morgan fingerprint density at radius 1 is 1.14 bits per heavy atom.